The quantitative estimate of drug-likeness (QED) is 0.923. The lowest BCUT2D eigenvalue weighted by Gasteiger charge is -2.05. The van der Waals surface area contributed by atoms with Crippen LogP contribution >= 0.6 is 11.6 Å². The number of rotatable bonds is 4. The van der Waals surface area contributed by atoms with Crippen LogP contribution in [0, 0.1) is 5.82 Å². The molecule has 0 spiro atoms. The maximum atomic E-state index is 13.7. The Labute approximate surface area is 110 Å². The van der Waals surface area contributed by atoms with Gasteiger partial charge in [0.05, 0.1) is 10.7 Å². The van der Waals surface area contributed by atoms with E-state index in [1.165, 1.54) is 6.07 Å². The first-order chi connectivity index (χ1) is 8.70. The van der Waals surface area contributed by atoms with Crippen molar-refractivity contribution in [1.29, 1.82) is 0 Å². The zero-order chi connectivity index (χ0) is 13.0. The molecule has 1 N–H and O–H groups in total. The second-order valence-corrected chi connectivity index (χ2v) is 4.29. The van der Waals surface area contributed by atoms with Crippen molar-refractivity contribution in [3.05, 3.63) is 58.4 Å². The highest BCUT2D eigenvalue weighted by atomic mass is 35.5. The van der Waals surface area contributed by atoms with Gasteiger partial charge in [-0.2, -0.15) is 0 Å². The summed E-state index contributed by atoms with van der Waals surface area (Å²) >= 11 is 5.74. The lowest BCUT2D eigenvalue weighted by atomic mass is 10.1. The maximum Gasteiger partial charge on any atom is 0.145 e. The molecule has 0 radical (unpaired) electrons. The number of nitrogens with one attached hydrogen (secondary N) is 1. The van der Waals surface area contributed by atoms with E-state index in [4.69, 9.17) is 11.6 Å². The standard InChI is InChI=1S/C13H13ClFN3/c1-16-8-10-5-6-17-12(18-10)7-9-3-2-4-11(14)13(9)15/h2-6,16H,7-8H2,1H3. The van der Waals surface area contributed by atoms with Gasteiger partial charge in [-0.1, -0.05) is 23.7 Å². The molecule has 5 heteroatoms. The van der Waals surface area contributed by atoms with Crippen LogP contribution in [0.4, 0.5) is 4.39 Å². The Bertz CT molecular complexity index is 546. The molecule has 0 saturated heterocycles. The highest BCUT2D eigenvalue weighted by Gasteiger charge is 2.08. The van der Waals surface area contributed by atoms with E-state index in [1.54, 1.807) is 18.3 Å². The number of aromatic nitrogens is 2. The van der Waals surface area contributed by atoms with Gasteiger partial charge < -0.3 is 5.32 Å². The van der Waals surface area contributed by atoms with Crippen molar-refractivity contribution in [1.82, 2.24) is 15.3 Å². The Morgan fingerprint density at radius 2 is 2.17 bits per heavy atom. The molecule has 0 unspecified atom stereocenters. The van der Waals surface area contributed by atoms with E-state index < -0.39 is 5.82 Å². The fourth-order valence-electron chi connectivity index (χ4n) is 1.66. The van der Waals surface area contributed by atoms with Gasteiger partial charge in [-0.15, -0.1) is 0 Å². The van der Waals surface area contributed by atoms with Crippen molar-refractivity contribution in [2.24, 2.45) is 0 Å². The Morgan fingerprint density at radius 1 is 1.33 bits per heavy atom. The van der Waals surface area contributed by atoms with Crippen LogP contribution in [-0.4, -0.2) is 17.0 Å². The Kier molecular flexibility index (Phi) is 4.23. The molecule has 2 aromatic rings. The molecule has 0 bridgehead atoms. The van der Waals surface area contributed by atoms with E-state index in [2.05, 4.69) is 15.3 Å². The predicted molar refractivity (Wildman–Crippen MR) is 69.0 cm³/mol. The summed E-state index contributed by atoms with van der Waals surface area (Å²) in [6.45, 7) is 0.660. The number of hydrogen-bond donors (Lipinski definition) is 1. The third-order valence-corrected chi connectivity index (χ3v) is 2.79. The van der Waals surface area contributed by atoms with Crippen LogP contribution in [0.1, 0.15) is 17.1 Å². The third kappa shape index (κ3) is 3.03. The monoisotopic (exact) mass is 265 g/mol. The molecule has 1 heterocycles. The second kappa shape index (κ2) is 5.89. The third-order valence-electron chi connectivity index (χ3n) is 2.50. The summed E-state index contributed by atoms with van der Waals surface area (Å²) in [6, 6.07) is 6.76. The van der Waals surface area contributed by atoms with Gasteiger partial charge in [0, 0.05) is 19.2 Å². The summed E-state index contributed by atoms with van der Waals surface area (Å²) in [5.74, 6) is 0.186. The molecule has 0 saturated carbocycles. The molecule has 94 valence electrons. The lowest BCUT2D eigenvalue weighted by molar-refractivity contribution is 0.612. The molecule has 1 aromatic heterocycles. The van der Waals surface area contributed by atoms with Gasteiger partial charge in [0.15, 0.2) is 0 Å². The van der Waals surface area contributed by atoms with Gasteiger partial charge in [0.25, 0.3) is 0 Å². The van der Waals surface area contributed by atoms with Crippen LogP contribution in [0.5, 0.6) is 0 Å². The normalized spacial score (nSPS) is 10.6. The molecule has 0 aliphatic carbocycles. The van der Waals surface area contributed by atoms with Gasteiger partial charge in [0.1, 0.15) is 11.6 Å². The van der Waals surface area contributed by atoms with E-state index in [9.17, 15) is 4.39 Å². The summed E-state index contributed by atoms with van der Waals surface area (Å²) < 4.78 is 13.7. The van der Waals surface area contributed by atoms with Gasteiger partial charge in [-0.25, -0.2) is 14.4 Å². The van der Waals surface area contributed by atoms with Gasteiger partial charge in [-0.3, -0.25) is 0 Å². The average molecular weight is 266 g/mol. The molecular weight excluding hydrogens is 253 g/mol. The fraction of sp³-hybridized carbons (Fsp3) is 0.231. The Hall–Kier alpha value is -1.52. The van der Waals surface area contributed by atoms with E-state index >= 15 is 0 Å². The molecule has 3 nitrogen and oxygen atoms in total. The molecule has 0 amide bonds. The second-order valence-electron chi connectivity index (χ2n) is 3.88. The van der Waals surface area contributed by atoms with Crippen molar-refractivity contribution in [3.8, 4) is 0 Å². The number of nitrogens with zero attached hydrogens (tertiary/aromatic N) is 2. The minimum absolute atomic E-state index is 0.124. The molecule has 0 atom stereocenters. The first-order valence-electron chi connectivity index (χ1n) is 5.59. The van der Waals surface area contributed by atoms with E-state index in [0.717, 1.165) is 5.69 Å². The molecule has 18 heavy (non-hydrogen) atoms. The lowest BCUT2D eigenvalue weighted by Crippen LogP contribution is -2.09. The van der Waals surface area contributed by atoms with Crippen LogP contribution in [0.2, 0.25) is 5.02 Å². The first-order valence-corrected chi connectivity index (χ1v) is 5.97. The Morgan fingerprint density at radius 3 is 2.94 bits per heavy atom. The molecule has 1 aromatic carbocycles. The van der Waals surface area contributed by atoms with Crippen LogP contribution in [0.25, 0.3) is 0 Å². The smallest absolute Gasteiger partial charge is 0.145 e. The van der Waals surface area contributed by atoms with Crippen LogP contribution in [0.3, 0.4) is 0 Å². The van der Waals surface area contributed by atoms with Crippen LogP contribution in [0.15, 0.2) is 30.5 Å². The highest BCUT2D eigenvalue weighted by Crippen LogP contribution is 2.19. The summed E-state index contributed by atoms with van der Waals surface area (Å²) in [7, 11) is 1.85. The number of halogens is 2. The SMILES string of the molecule is CNCc1ccnc(Cc2cccc(Cl)c2F)n1. The van der Waals surface area contributed by atoms with Crippen molar-refractivity contribution in [2.75, 3.05) is 7.05 Å². The average Bonchev–Trinajstić information content (AvgIpc) is 2.36. The number of hydrogen-bond acceptors (Lipinski definition) is 3. The molecule has 0 aliphatic rings. The summed E-state index contributed by atoms with van der Waals surface area (Å²) in [5.41, 5.74) is 1.38. The van der Waals surface area contributed by atoms with Crippen molar-refractivity contribution in [3.63, 3.8) is 0 Å². The predicted octanol–water partition coefficient (Wildman–Crippen LogP) is 2.58. The largest absolute Gasteiger partial charge is 0.314 e. The molecular formula is C13H13ClFN3. The first kappa shape index (κ1) is 12.9. The van der Waals surface area contributed by atoms with Crippen molar-refractivity contribution >= 4 is 11.6 Å². The summed E-state index contributed by atoms with van der Waals surface area (Å²) in [6.07, 6.45) is 2.02. The fourth-order valence-corrected chi connectivity index (χ4v) is 1.86. The number of benzene rings is 1. The maximum absolute atomic E-state index is 13.7. The zero-order valence-corrected chi connectivity index (χ0v) is 10.7. The molecule has 0 aliphatic heterocycles. The highest BCUT2D eigenvalue weighted by molar-refractivity contribution is 6.30. The van der Waals surface area contributed by atoms with E-state index in [0.29, 0.717) is 24.4 Å². The van der Waals surface area contributed by atoms with Gasteiger partial charge in [-0.05, 0) is 24.7 Å². The van der Waals surface area contributed by atoms with Crippen molar-refractivity contribution < 1.29 is 4.39 Å². The summed E-state index contributed by atoms with van der Waals surface area (Å²) in [5, 5.41) is 3.13. The van der Waals surface area contributed by atoms with E-state index in [-0.39, 0.29) is 5.02 Å². The topological polar surface area (TPSA) is 37.8 Å². The van der Waals surface area contributed by atoms with E-state index in [1.807, 2.05) is 13.1 Å². The summed E-state index contributed by atoms with van der Waals surface area (Å²) in [4.78, 5) is 8.48. The minimum atomic E-state index is -0.401. The minimum Gasteiger partial charge on any atom is -0.314 e. The van der Waals surface area contributed by atoms with Crippen LogP contribution < -0.4 is 5.32 Å². The van der Waals surface area contributed by atoms with Crippen LogP contribution in [-0.2, 0) is 13.0 Å². The van der Waals surface area contributed by atoms with Crippen molar-refractivity contribution in [2.45, 2.75) is 13.0 Å². The zero-order valence-electron chi connectivity index (χ0n) is 9.95. The Balaban J connectivity index is 2.23. The van der Waals surface area contributed by atoms with Gasteiger partial charge in [0.2, 0.25) is 0 Å². The molecule has 0 fully saturated rings. The molecule has 2 rings (SSSR count). The van der Waals surface area contributed by atoms with Gasteiger partial charge >= 0.3 is 0 Å².